The lowest BCUT2D eigenvalue weighted by molar-refractivity contribution is 0.323. The van der Waals surface area contributed by atoms with Gasteiger partial charge in [0.05, 0.1) is 6.54 Å². The van der Waals surface area contributed by atoms with E-state index in [1.807, 2.05) is 36.4 Å². The number of rotatable bonds is 7. The van der Waals surface area contributed by atoms with Gasteiger partial charge in [-0.2, -0.15) is 0 Å². The Balaban J connectivity index is 0.00000288. The van der Waals surface area contributed by atoms with E-state index in [4.69, 9.17) is 4.74 Å². The third-order valence-corrected chi connectivity index (χ3v) is 3.39. The summed E-state index contributed by atoms with van der Waals surface area (Å²) >= 11 is 0. The van der Waals surface area contributed by atoms with Gasteiger partial charge in [-0.1, -0.05) is 55.5 Å². The summed E-state index contributed by atoms with van der Waals surface area (Å²) in [6, 6.07) is 18.4. The maximum Gasteiger partial charge on any atom is 0.191 e. The lowest BCUT2D eigenvalue weighted by atomic mass is 10.1. The van der Waals surface area contributed by atoms with Crippen molar-refractivity contribution in [2.24, 2.45) is 4.99 Å². The molecular weight excluding hydrogens is 413 g/mol. The summed E-state index contributed by atoms with van der Waals surface area (Å²) in [5.41, 5.74) is 2.28. The van der Waals surface area contributed by atoms with Gasteiger partial charge in [-0.15, -0.1) is 24.0 Å². The van der Waals surface area contributed by atoms with E-state index in [2.05, 4.69) is 40.7 Å². The summed E-state index contributed by atoms with van der Waals surface area (Å²) in [4.78, 5) is 4.17. The van der Waals surface area contributed by atoms with Crippen LogP contribution < -0.4 is 15.4 Å². The van der Waals surface area contributed by atoms with E-state index >= 15 is 0 Å². The lowest BCUT2D eigenvalue weighted by Crippen LogP contribution is -2.39. The van der Waals surface area contributed by atoms with Crippen LogP contribution in [0.2, 0.25) is 0 Å². The zero-order valence-corrected chi connectivity index (χ0v) is 16.6. The van der Waals surface area contributed by atoms with E-state index in [-0.39, 0.29) is 24.0 Å². The Morgan fingerprint density at radius 1 is 0.958 bits per heavy atom. The smallest absolute Gasteiger partial charge is 0.191 e. The van der Waals surface area contributed by atoms with Crippen molar-refractivity contribution in [2.75, 3.05) is 26.7 Å². The van der Waals surface area contributed by atoms with E-state index in [1.165, 1.54) is 0 Å². The van der Waals surface area contributed by atoms with Crippen LogP contribution in [0.3, 0.4) is 0 Å². The summed E-state index contributed by atoms with van der Waals surface area (Å²) in [5.74, 6) is 1.71. The molecule has 0 heterocycles. The van der Waals surface area contributed by atoms with E-state index in [1.54, 1.807) is 7.05 Å². The number of halogens is 1. The van der Waals surface area contributed by atoms with Crippen LogP contribution in [0.15, 0.2) is 59.6 Å². The van der Waals surface area contributed by atoms with Gasteiger partial charge < -0.3 is 15.4 Å². The average Bonchev–Trinajstić information content (AvgIpc) is 2.62. The topological polar surface area (TPSA) is 45.7 Å². The molecule has 0 aromatic heterocycles. The molecule has 2 aromatic carbocycles. The van der Waals surface area contributed by atoms with Crippen molar-refractivity contribution in [1.29, 1.82) is 0 Å². The fraction of sp³-hybridized carbons (Fsp3) is 0.316. The molecule has 24 heavy (non-hydrogen) atoms. The van der Waals surface area contributed by atoms with Crippen LogP contribution in [0.25, 0.3) is 11.1 Å². The lowest BCUT2D eigenvalue weighted by Gasteiger charge is -2.14. The molecule has 0 spiro atoms. The molecule has 0 saturated heterocycles. The van der Waals surface area contributed by atoms with Crippen LogP contribution in [0.4, 0.5) is 0 Å². The number of hydrogen-bond donors (Lipinski definition) is 2. The molecule has 0 bridgehead atoms. The molecule has 0 fully saturated rings. The molecule has 0 aliphatic rings. The van der Waals surface area contributed by atoms with Gasteiger partial charge in [-0.25, -0.2) is 0 Å². The predicted molar refractivity (Wildman–Crippen MR) is 112 cm³/mol. The Hall–Kier alpha value is -1.76. The molecule has 0 saturated carbocycles. The van der Waals surface area contributed by atoms with Crippen LogP contribution in [0, 0.1) is 0 Å². The molecule has 130 valence electrons. The van der Waals surface area contributed by atoms with E-state index < -0.39 is 0 Å². The monoisotopic (exact) mass is 439 g/mol. The highest BCUT2D eigenvalue weighted by Crippen LogP contribution is 2.29. The Bertz CT molecular complexity index is 617. The minimum Gasteiger partial charge on any atom is -0.491 e. The summed E-state index contributed by atoms with van der Waals surface area (Å²) in [5, 5.41) is 6.49. The summed E-state index contributed by atoms with van der Waals surface area (Å²) in [6.07, 6.45) is 1.07. The first-order valence-corrected chi connectivity index (χ1v) is 8.07. The van der Waals surface area contributed by atoms with Crippen LogP contribution in [0.1, 0.15) is 13.3 Å². The summed E-state index contributed by atoms with van der Waals surface area (Å²) in [6.45, 7) is 4.32. The number of benzene rings is 2. The summed E-state index contributed by atoms with van der Waals surface area (Å²) in [7, 11) is 1.77. The van der Waals surface area contributed by atoms with E-state index in [0.29, 0.717) is 13.2 Å². The Morgan fingerprint density at radius 2 is 1.62 bits per heavy atom. The van der Waals surface area contributed by atoms with Crippen molar-refractivity contribution >= 4 is 29.9 Å². The maximum atomic E-state index is 5.95. The molecule has 0 unspecified atom stereocenters. The maximum absolute atomic E-state index is 5.95. The second-order valence-electron chi connectivity index (χ2n) is 5.14. The standard InChI is InChI=1S/C19H25N3O.HI/c1-3-13-21-19(20-2)22-14-15-23-18-12-8-7-11-17(18)16-9-5-4-6-10-16;/h4-12H,3,13-15H2,1-2H3,(H2,20,21,22);1H. The minimum absolute atomic E-state index is 0. The second-order valence-corrected chi connectivity index (χ2v) is 5.14. The number of guanidine groups is 1. The number of nitrogens with one attached hydrogen (secondary N) is 2. The Labute approximate surface area is 161 Å². The molecule has 4 nitrogen and oxygen atoms in total. The zero-order chi connectivity index (χ0) is 16.3. The van der Waals surface area contributed by atoms with Gasteiger partial charge in [0.25, 0.3) is 0 Å². The quantitative estimate of drug-likeness (QED) is 0.298. The van der Waals surface area contributed by atoms with Crippen LogP contribution in [-0.4, -0.2) is 32.7 Å². The van der Waals surface area contributed by atoms with E-state index in [9.17, 15) is 0 Å². The first kappa shape index (κ1) is 20.3. The van der Waals surface area contributed by atoms with Crippen LogP contribution >= 0.6 is 24.0 Å². The highest BCUT2D eigenvalue weighted by molar-refractivity contribution is 14.0. The van der Waals surface area contributed by atoms with Crippen molar-refractivity contribution in [3.63, 3.8) is 0 Å². The zero-order valence-electron chi connectivity index (χ0n) is 14.3. The Morgan fingerprint density at radius 3 is 2.33 bits per heavy atom. The average molecular weight is 439 g/mol. The van der Waals surface area contributed by atoms with Gasteiger partial charge >= 0.3 is 0 Å². The third-order valence-electron chi connectivity index (χ3n) is 3.39. The van der Waals surface area contributed by atoms with Gasteiger partial charge in [-0.05, 0) is 18.1 Å². The highest BCUT2D eigenvalue weighted by atomic mass is 127. The normalized spacial score (nSPS) is 10.7. The number of para-hydroxylation sites is 1. The van der Waals surface area contributed by atoms with Crippen molar-refractivity contribution in [3.05, 3.63) is 54.6 Å². The van der Waals surface area contributed by atoms with Gasteiger partial charge in [0.15, 0.2) is 5.96 Å². The van der Waals surface area contributed by atoms with Crippen molar-refractivity contribution in [3.8, 4) is 16.9 Å². The fourth-order valence-corrected chi connectivity index (χ4v) is 2.24. The SMILES string of the molecule is CCCNC(=NC)NCCOc1ccccc1-c1ccccc1.I. The first-order chi connectivity index (χ1) is 11.3. The summed E-state index contributed by atoms with van der Waals surface area (Å²) < 4.78 is 5.95. The molecule has 0 aliphatic carbocycles. The van der Waals surface area contributed by atoms with Crippen LogP contribution in [-0.2, 0) is 0 Å². The van der Waals surface area contributed by atoms with Crippen molar-refractivity contribution in [2.45, 2.75) is 13.3 Å². The third kappa shape index (κ3) is 6.39. The number of aliphatic imine (C=N–C) groups is 1. The van der Waals surface area contributed by atoms with Gasteiger partial charge in [0.1, 0.15) is 12.4 Å². The largest absolute Gasteiger partial charge is 0.491 e. The van der Waals surface area contributed by atoms with Gasteiger partial charge in [0, 0.05) is 19.2 Å². The van der Waals surface area contributed by atoms with Crippen molar-refractivity contribution < 1.29 is 4.74 Å². The van der Waals surface area contributed by atoms with E-state index in [0.717, 1.165) is 35.8 Å². The fourth-order valence-electron chi connectivity index (χ4n) is 2.24. The first-order valence-electron chi connectivity index (χ1n) is 8.07. The second kappa shape index (κ2) is 11.7. The number of hydrogen-bond acceptors (Lipinski definition) is 2. The minimum atomic E-state index is 0. The number of nitrogens with zero attached hydrogens (tertiary/aromatic N) is 1. The molecule has 2 N–H and O–H groups in total. The molecule has 0 atom stereocenters. The van der Waals surface area contributed by atoms with Crippen LogP contribution in [0.5, 0.6) is 5.75 Å². The predicted octanol–water partition coefficient (Wildman–Crippen LogP) is 3.93. The Kier molecular flexibility index (Phi) is 9.91. The molecule has 0 aliphatic heterocycles. The molecule has 5 heteroatoms. The van der Waals surface area contributed by atoms with Crippen molar-refractivity contribution in [1.82, 2.24) is 10.6 Å². The molecular formula is C19H26IN3O. The molecule has 2 aromatic rings. The van der Waals surface area contributed by atoms with Gasteiger partial charge in [0.2, 0.25) is 0 Å². The molecule has 0 radical (unpaired) electrons. The molecule has 2 rings (SSSR count). The van der Waals surface area contributed by atoms with Gasteiger partial charge in [-0.3, -0.25) is 4.99 Å². The highest BCUT2D eigenvalue weighted by Gasteiger charge is 2.05. The molecule has 0 amide bonds. The number of ether oxygens (including phenoxy) is 1.